The van der Waals surface area contributed by atoms with Crippen LogP contribution in [0.3, 0.4) is 0 Å². The van der Waals surface area contributed by atoms with Gasteiger partial charge in [-0.2, -0.15) is 0 Å². The number of nitro benzene ring substituents is 1. The quantitative estimate of drug-likeness (QED) is 0.316. The largest absolute Gasteiger partial charge is 0.398 e. The molecule has 5 nitrogen and oxygen atoms in total. The van der Waals surface area contributed by atoms with Crippen molar-refractivity contribution in [2.75, 3.05) is 5.73 Å². The van der Waals surface area contributed by atoms with E-state index in [-0.39, 0.29) is 10.7 Å². The molecule has 0 fully saturated rings. The molecule has 0 amide bonds. The van der Waals surface area contributed by atoms with Crippen LogP contribution >= 0.6 is 12.2 Å². The summed E-state index contributed by atoms with van der Waals surface area (Å²) in [6.07, 6.45) is 0. The first kappa shape index (κ1) is 9.40. The van der Waals surface area contributed by atoms with Crippen LogP contribution in [0, 0.1) is 10.1 Å². The molecule has 0 radical (unpaired) electrons. The van der Waals surface area contributed by atoms with Crippen molar-refractivity contribution in [2.24, 2.45) is 5.73 Å². The minimum Gasteiger partial charge on any atom is -0.398 e. The van der Waals surface area contributed by atoms with Gasteiger partial charge >= 0.3 is 0 Å². The van der Waals surface area contributed by atoms with Crippen LogP contribution in [0.15, 0.2) is 18.2 Å². The minimum absolute atomic E-state index is 0.0567. The van der Waals surface area contributed by atoms with Gasteiger partial charge in [-0.3, -0.25) is 10.1 Å². The summed E-state index contributed by atoms with van der Waals surface area (Å²) in [7, 11) is 0. The SMILES string of the molecule is NC(=S)c1cc([N+](=O)[O-])ccc1N. The van der Waals surface area contributed by atoms with E-state index in [1.54, 1.807) is 0 Å². The van der Waals surface area contributed by atoms with Gasteiger partial charge in [0.2, 0.25) is 0 Å². The maximum absolute atomic E-state index is 10.4. The molecule has 0 bridgehead atoms. The summed E-state index contributed by atoms with van der Waals surface area (Å²) < 4.78 is 0. The van der Waals surface area contributed by atoms with Crippen molar-refractivity contribution < 1.29 is 4.92 Å². The number of anilines is 1. The molecule has 6 heteroatoms. The van der Waals surface area contributed by atoms with Crippen molar-refractivity contribution >= 4 is 28.6 Å². The van der Waals surface area contributed by atoms with Gasteiger partial charge < -0.3 is 11.5 Å². The average molecular weight is 197 g/mol. The summed E-state index contributed by atoms with van der Waals surface area (Å²) in [5, 5.41) is 10.4. The first-order valence-electron chi connectivity index (χ1n) is 3.36. The summed E-state index contributed by atoms with van der Waals surface area (Å²) >= 11 is 4.67. The molecule has 0 saturated carbocycles. The van der Waals surface area contributed by atoms with E-state index < -0.39 is 4.92 Å². The lowest BCUT2D eigenvalue weighted by Gasteiger charge is -2.01. The number of thiocarbonyl (C=S) groups is 1. The van der Waals surface area contributed by atoms with E-state index in [0.717, 1.165) is 0 Å². The number of non-ortho nitro benzene ring substituents is 1. The number of hydrogen-bond acceptors (Lipinski definition) is 4. The Labute approximate surface area is 79.5 Å². The predicted octanol–water partition coefficient (Wildman–Crippen LogP) is 0.811. The van der Waals surface area contributed by atoms with E-state index in [4.69, 9.17) is 11.5 Å². The van der Waals surface area contributed by atoms with Crippen molar-refractivity contribution in [3.05, 3.63) is 33.9 Å². The number of nitrogen functional groups attached to an aromatic ring is 1. The Balaban J connectivity index is 3.27. The average Bonchev–Trinajstić information content (AvgIpc) is 2.04. The van der Waals surface area contributed by atoms with Crippen LogP contribution in [0.4, 0.5) is 11.4 Å². The van der Waals surface area contributed by atoms with Gasteiger partial charge in [-0.1, -0.05) is 12.2 Å². The molecule has 4 N–H and O–H groups in total. The smallest absolute Gasteiger partial charge is 0.270 e. The molecular weight excluding hydrogens is 190 g/mol. The van der Waals surface area contributed by atoms with Crippen molar-refractivity contribution in [3.8, 4) is 0 Å². The molecule has 1 aromatic rings. The first-order chi connectivity index (χ1) is 6.02. The van der Waals surface area contributed by atoms with Crippen molar-refractivity contribution in [3.63, 3.8) is 0 Å². The van der Waals surface area contributed by atoms with E-state index in [9.17, 15) is 10.1 Å². The molecule has 68 valence electrons. The number of nitrogens with two attached hydrogens (primary N) is 2. The molecule has 0 saturated heterocycles. The monoisotopic (exact) mass is 197 g/mol. The molecule has 1 rings (SSSR count). The Morgan fingerprint density at radius 3 is 2.62 bits per heavy atom. The fraction of sp³-hybridized carbons (Fsp3) is 0. The zero-order valence-corrected chi connectivity index (χ0v) is 7.38. The summed E-state index contributed by atoms with van der Waals surface area (Å²) in [6.45, 7) is 0. The Hall–Kier alpha value is -1.69. The molecule has 0 heterocycles. The maximum Gasteiger partial charge on any atom is 0.270 e. The van der Waals surface area contributed by atoms with Crippen molar-refractivity contribution in [1.29, 1.82) is 0 Å². The summed E-state index contributed by atoms with van der Waals surface area (Å²) in [5.41, 5.74) is 11.4. The Morgan fingerprint density at radius 2 is 2.15 bits per heavy atom. The number of nitro groups is 1. The fourth-order valence-electron chi connectivity index (χ4n) is 0.871. The van der Waals surface area contributed by atoms with Gasteiger partial charge in [-0.05, 0) is 6.07 Å². The van der Waals surface area contributed by atoms with Crippen LogP contribution in [0.5, 0.6) is 0 Å². The van der Waals surface area contributed by atoms with E-state index >= 15 is 0 Å². The second kappa shape index (κ2) is 3.36. The van der Waals surface area contributed by atoms with Gasteiger partial charge in [-0.15, -0.1) is 0 Å². The highest BCUT2D eigenvalue weighted by Gasteiger charge is 2.10. The molecule has 0 aromatic heterocycles. The highest BCUT2D eigenvalue weighted by Crippen LogP contribution is 2.19. The second-order valence-corrected chi connectivity index (χ2v) is 2.83. The molecule has 1 aromatic carbocycles. The highest BCUT2D eigenvalue weighted by atomic mass is 32.1. The zero-order valence-electron chi connectivity index (χ0n) is 6.56. The normalized spacial score (nSPS) is 9.54. The fourth-order valence-corrected chi connectivity index (χ4v) is 1.05. The molecule has 0 aliphatic rings. The highest BCUT2D eigenvalue weighted by molar-refractivity contribution is 7.80. The molecular formula is C7H7N3O2S. The lowest BCUT2D eigenvalue weighted by molar-refractivity contribution is -0.384. The van der Waals surface area contributed by atoms with Crippen molar-refractivity contribution in [2.45, 2.75) is 0 Å². The molecule has 0 atom stereocenters. The molecule has 0 aliphatic carbocycles. The third-order valence-corrected chi connectivity index (χ3v) is 1.73. The third kappa shape index (κ3) is 1.91. The van der Waals surface area contributed by atoms with Gasteiger partial charge in [-0.25, -0.2) is 0 Å². The zero-order chi connectivity index (χ0) is 10.0. The topological polar surface area (TPSA) is 95.2 Å². The van der Waals surface area contributed by atoms with E-state index in [2.05, 4.69) is 12.2 Å². The van der Waals surface area contributed by atoms with Gasteiger partial charge in [0.15, 0.2) is 0 Å². The lowest BCUT2D eigenvalue weighted by Crippen LogP contribution is -2.12. The minimum atomic E-state index is -0.527. The number of hydrogen-bond donors (Lipinski definition) is 2. The van der Waals surface area contributed by atoms with Crippen LogP contribution in [-0.2, 0) is 0 Å². The Bertz CT molecular complexity index is 378. The maximum atomic E-state index is 10.4. The van der Waals surface area contributed by atoms with E-state index in [0.29, 0.717) is 11.3 Å². The van der Waals surface area contributed by atoms with Gasteiger partial charge in [0.25, 0.3) is 5.69 Å². The van der Waals surface area contributed by atoms with Gasteiger partial charge in [0.1, 0.15) is 4.99 Å². The van der Waals surface area contributed by atoms with E-state index in [1.807, 2.05) is 0 Å². The van der Waals surface area contributed by atoms with Crippen LogP contribution in [0.2, 0.25) is 0 Å². The standard InChI is InChI=1S/C7H7N3O2S/c8-6-2-1-4(10(11)12)3-5(6)7(9)13/h1-3H,8H2,(H2,9,13). The van der Waals surface area contributed by atoms with Crippen LogP contribution in [-0.4, -0.2) is 9.91 Å². The van der Waals surface area contributed by atoms with Crippen LogP contribution in [0.1, 0.15) is 5.56 Å². The number of nitrogens with zero attached hydrogens (tertiary/aromatic N) is 1. The van der Waals surface area contributed by atoms with Crippen molar-refractivity contribution in [1.82, 2.24) is 0 Å². The molecule has 0 unspecified atom stereocenters. The predicted molar refractivity (Wildman–Crippen MR) is 53.4 cm³/mol. The lowest BCUT2D eigenvalue weighted by atomic mass is 10.1. The Kier molecular flexibility index (Phi) is 2.43. The van der Waals surface area contributed by atoms with Crippen LogP contribution in [0.25, 0.3) is 0 Å². The molecule has 0 aliphatic heterocycles. The molecule has 0 spiro atoms. The molecule has 13 heavy (non-hydrogen) atoms. The number of benzene rings is 1. The third-order valence-electron chi connectivity index (χ3n) is 1.51. The van der Waals surface area contributed by atoms with Crippen LogP contribution < -0.4 is 11.5 Å². The van der Waals surface area contributed by atoms with Gasteiger partial charge in [0, 0.05) is 23.4 Å². The Morgan fingerprint density at radius 1 is 1.54 bits per heavy atom. The second-order valence-electron chi connectivity index (χ2n) is 2.39. The number of rotatable bonds is 2. The first-order valence-corrected chi connectivity index (χ1v) is 3.77. The summed E-state index contributed by atoms with van der Waals surface area (Å²) in [5.74, 6) is 0. The van der Waals surface area contributed by atoms with E-state index in [1.165, 1.54) is 18.2 Å². The van der Waals surface area contributed by atoms with Gasteiger partial charge in [0.05, 0.1) is 4.92 Å². The summed E-state index contributed by atoms with van der Waals surface area (Å²) in [4.78, 5) is 9.90. The summed E-state index contributed by atoms with van der Waals surface area (Å²) in [6, 6.07) is 3.97.